The monoisotopic (exact) mass is 426 g/mol. The molecule has 5 rings (SSSR count). The van der Waals surface area contributed by atoms with Crippen molar-refractivity contribution >= 4 is 33.0 Å². The van der Waals surface area contributed by atoms with Gasteiger partial charge in [-0.3, -0.25) is 9.69 Å². The van der Waals surface area contributed by atoms with Crippen LogP contribution in [0.1, 0.15) is 30.0 Å². The van der Waals surface area contributed by atoms with Gasteiger partial charge in [-0.25, -0.2) is 0 Å². The van der Waals surface area contributed by atoms with Crippen LogP contribution in [0.5, 0.6) is 0 Å². The van der Waals surface area contributed by atoms with E-state index >= 15 is 0 Å². The SMILES string of the molecule is CC1(C(=O)Nc2ccccc2Cc2ccccc2)CCN1Cc1csc2ccccc12. The minimum atomic E-state index is -0.483. The molecule has 4 aromatic rings. The second-order valence-corrected chi connectivity index (χ2v) is 9.39. The smallest absolute Gasteiger partial charge is 0.244 e. The highest BCUT2D eigenvalue weighted by atomic mass is 32.1. The number of hydrogen-bond donors (Lipinski definition) is 1. The van der Waals surface area contributed by atoms with Gasteiger partial charge in [-0.2, -0.15) is 0 Å². The summed E-state index contributed by atoms with van der Waals surface area (Å²) in [5.74, 6) is 0.0822. The fourth-order valence-electron chi connectivity index (χ4n) is 4.35. The zero-order chi connectivity index (χ0) is 21.3. The van der Waals surface area contributed by atoms with Gasteiger partial charge in [0, 0.05) is 23.5 Å². The number of thiophene rings is 1. The number of carbonyl (C=O) groups is 1. The quantitative estimate of drug-likeness (QED) is 0.404. The summed E-state index contributed by atoms with van der Waals surface area (Å²) in [5, 5.41) is 6.78. The van der Waals surface area contributed by atoms with Gasteiger partial charge in [-0.15, -0.1) is 11.3 Å². The lowest BCUT2D eigenvalue weighted by Crippen LogP contribution is -2.63. The number of para-hydroxylation sites is 1. The molecule has 2 heterocycles. The van der Waals surface area contributed by atoms with E-state index in [-0.39, 0.29) is 5.91 Å². The Morgan fingerprint density at radius 2 is 1.71 bits per heavy atom. The maximum atomic E-state index is 13.4. The Balaban J connectivity index is 1.32. The van der Waals surface area contributed by atoms with Crippen molar-refractivity contribution < 1.29 is 4.79 Å². The summed E-state index contributed by atoms with van der Waals surface area (Å²) in [6.45, 7) is 3.82. The molecular formula is C27H26N2OS. The average Bonchev–Trinajstić information content (AvgIpc) is 3.21. The van der Waals surface area contributed by atoms with E-state index in [1.165, 1.54) is 21.2 Å². The lowest BCUT2D eigenvalue weighted by Gasteiger charge is -2.49. The number of nitrogens with zero attached hydrogens (tertiary/aromatic N) is 1. The molecule has 1 saturated heterocycles. The molecule has 1 fully saturated rings. The van der Waals surface area contributed by atoms with Crippen LogP contribution in [0.15, 0.2) is 84.2 Å². The van der Waals surface area contributed by atoms with Crippen LogP contribution in [0.3, 0.4) is 0 Å². The number of nitrogens with one attached hydrogen (secondary N) is 1. The van der Waals surface area contributed by atoms with Gasteiger partial charge in [0.05, 0.1) is 5.54 Å². The Kier molecular flexibility index (Phi) is 5.34. The molecule has 4 heteroatoms. The maximum absolute atomic E-state index is 13.4. The number of amides is 1. The third kappa shape index (κ3) is 3.89. The van der Waals surface area contributed by atoms with E-state index in [9.17, 15) is 4.79 Å². The first-order valence-electron chi connectivity index (χ1n) is 10.8. The first-order chi connectivity index (χ1) is 15.1. The third-order valence-corrected chi connectivity index (χ3v) is 7.49. The minimum Gasteiger partial charge on any atom is -0.324 e. The van der Waals surface area contributed by atoms with Crippen molar-refractivity contribution in [2.45, 2.75) is 31.8 Å². The standard InChI is InChI=1S/C27H26N2OS/c1-27(15-16-29(27)18-22-19-31-25-14-8-6-12-23(22)25)26(30)28-24-13-7-5-11-21(24)17-20-9-3-2-4-10-20/h2-14,19H,15-18H2,1H3,(H,28,30). The van der Waals surface area contributed by atoms with Crippen LogP contribution >= 0.6 is 11.3 Å². The zero-order valence-corrected chi connectivity index (χ0v) is 18.5. The molecule has 0 radical (unpaired) electrons. The molecular weight excluding hydrogens is 400 g/mol. The maximum Gasteiger partial charge on any atom is 0.244 e. The number of hydrogen-bond acceptors (Lipinski definition) is 3. The lowest BCUT2D eigenvalue weighted by atomic mass is 9.84. The highest BCUT2D eigenvalue weighted by molar-refractivity contribution is 7.17. The van der Waals surface area contributed by atoms with E-state index < -0.39 is 5.54 Å². The Labute approximate surface area is 187 Å². The largest absolute Gasteiger partial charge is 0.324 e. The molecule has 0 spiro atoms. The van der Waals surface area contributed by atoms with Crippen LogP contribution in [0.25, 0.3) is 10.1 Å². The van der Waals surface area contributed by atoms with E-state index in [1.54, 1.807) is 11.3 Å². The van der Waals surface area contributed by atoms with Gasteiger partial charge in [-0.05, 0) is 59.4 Å². The summed E-state index contributed by atoms with van der Waals surface area (Å²) in [5.41, 5.74) is 4.11. The van der Waals surface area contributed by atoms with Gasteiger partial charge < -0.3 is 5.32 Å². The topological polar surface area (TPSA) is 32.3 Å². The predicted octanol–water partition coefficient (Wildman–Crippen LogP) is 6.10. The van der Waals surface area contributed by atoms with E-state index in [0.717, 1.165) is 37.2 Å². The average molecular weight is 427 g/mol. The highest BCUT2D eigenvalue weighted by Crippen LogP contribution is 2.36. The first-order valence-corrected chi connectivity index (χ1v) is 11.6. The van der Waals surface area contributed by atoms with E-state index in [2.05, 4.69) is 77.1 Å². The summed E-state index contributed by atoms with van der Waals surface area (Å²) >= 11 is 1.78. The van der Waals surface area contributed by atoms with E-state index in [1.807, 2.05) is 24.3 Å². The molecule has 3 nitrogen and oxygen atoms in total. The number of likely N-dealkylation sites (tertiary alicyclic amines) is 1. The molecule has 1 aliphatic heterocycles. The van der Waals surface area contributed by atoms with Crippen LogP contribution < -0.4 is 5.32 Å². The number of rotatable bonds is 6. The molecule has 1 N–H and O–H groups in total. The molecule has 156 valence electrons. The van der Waals surface area contributed by atoms with Crippen LogP contribution in [0.4, 0.5) is 5.69 Å². The minimum absolute atomic E-state index is 0.0822. The van der Waals surface area contributed by atoms with Crippen molar-refractivity contribution in [1.82, 2.24) is 4.90 Å². The van der Waals surface area contributed by atoms with Crippen molar-refractivity contribution in [2.24, 2.45) is 0 Å². The number of carbonyl (C=O) groups excluding carboxylic acids is 1. The third-order valence-electron chi connectivity index (χ3n) is 6.48. The van der Waals surface area contributed by atoms with Gasteiger partial charge in [0.25, 0.3) is 0 Å². The van der Waals surface area contributed by atoms with Crippen molar-refractivity contribution in [3.8, 4) is 0 Å². The van der Waals surface area contributed by atoms with Crippen molar-refractivity contribution in [3.05, 3.63) is 101 Å². The van der Waals surface area contributed by atoms with Gasteiger partial charge in [0.2, 0.25) is 5.91 Å². The van der Waals surface area contributed by atoms with E-state index in [0.29, 0.717) is 0 Å². The normalized spacial score (nSPS) is 18.6. The van der Waals surface area contributed by atoms with Crippen LogP contribution in [0.2, 0.25) is 0 Å². The van der Waals surface area contributed by atoms with Crippen molar-refractivity contribution in [1.29, 1.82) is 0 Å². The number of benzene rings is 3. The molecule has 0 aliphatic carbocycles. The summed E-state index contributed by atoms with van der Waals surface area (Å²) in [4.78, 5) is 15.7. The second kappa shape index (κ2) is 8.29. The van der Waals surface area contributed by atoms with Gasteiger partial charge in [-0.1, -0.05) is 66.7 Å². The highest BCUT2D eigenvalue weighted by Gasteiger charge is 2.46. The lowest BCUT2D eigenvalue weighted by molar-refractivity contribution is -0.136. The van der Waals surface area contributed by atoms with Gasteiger partial charge in [0.15, 0.2) is 0 Å². The molecule has 31 heavy (non-hydrogen) atoms. The van der Waals surface area contributed by atoms with Crippen LogP contribution in [-0.2, 0) is 17.8 Å². The molecule has 1 unspecified atom stereocenters. The van der Waals surface area contributed by atoms with Gasteiger partial charge in [0.1, 0.15) is 0 Å². The second-order valence-electron chi connectivity index (χ2n) is 8.48. The fourth-order valence-corrected chi connectivity index (χ4v) is 5.30. The van der Waals surface area contributed by atoms with Gasteiger partial charge >= 0.3 is 0 Å². The molecule has 1 atom stereocenters. The van der Waals surface area contributed by atoms with Crippen LogP contribution in [0, 0.1) is 0 Å². The van der Waals surface area contributed by atoms with Crippen molar-refractivity contribution in [3.63, 3.8) is 0 Å². The molecule has 0 saturated carbocycles. The summed E-state index contributed by atoms with van der Waals surface area (Å²) in [6.07, 6.45) is 1.68. The summed E-state index contributed by atoms with van der Waals surface area (Å²) < 4.78 is 1.30. The number of anilines is 1. The Morgan fingerprint density at radius 3 is 2.52 bits per heavy atom. The molecule has 1 aromatic heterocycles. The molecule has 1 amide bonds. The Morgan fingerprint density at radius 1 is 0.968 bits per heavy atom. The molecule has 3 aromatic carbocycles. The zero-order valence-electron chi connectivity index (χ0n) is 17.7. The molecule has 1 aliphatic rings. The number of fused-ring (bicyclic) bond motifs is 1. The first kappa shape index (κ1) is 20.0. The summed E-state index contributed by atoms with van der Waals surface area (Å²) in [6, 6.07) is 27.0. The summed E-state index contributed by atoms with van der Waals surface area (Å²) in [7, 11) is 0. The van der Waals surface area contributed by atoms with E-state index in [4.69, 9.17) is 0 Å². The Hall–Kier alpha value is -2.95. The molecule has 0 bridgehead atoms. The van der Waals surface area contributed by atoms with Crippen molar-refractivity contribution in [2.75, 3.05) is 11.9 Å². The predicted molar refractivity (Wildman–Crippen MR) is 130 cm³/mol. The Bertz CT molecular complexity index is 1220. The fraction of sp³-hybridized carbons (Fsp3) is 0.222. The van der Waals surface area contributed by atoms with Crippen LogP contribution in [-0.4, -0.2) is 22.9 Å².